The Bertz CT molecular complexity index is 66.6. The Morgan fingerprint density at radius 1 is 1.56 bits per heavy atom. The van der Waals surface area contributed by atoms with Crippen LogP contribution in [0.5, 0.6) is 0 Å². The molecule has 1 unspecified atom stereocenters. The van der Waals surface area contributed by atoms with Crippen LogP contribution in [-0.4, -0.2) is 24.8 Å². The topological polar surface area (TPSA) is 34.3 Å². The van der Waals surface area contributed by atoms with Crippen molar-refractivity contribution in [2.24, 2.45) is 5.92 Å². The molecule has 2 heteroatoms. The van der Waals surface area contributed by atoms with Crippen LogP contribution >= 0.6 is 0 Å². The minimum absolute atomic E-state index is 0.334. The van der Waals surface area contributed by atoms with E-state index in [0.29, 0.717) is 12.5 Å². The van der Waals surface area contributed by atoms with Gasteiger partial charge in [-0.1, -0.05) is 0 Å². The fourth-order valence-electron chi connectivity index (χ4n) is 1.28. The molecule has 1 heterocycles. The van der Waals surface area contributed by atoms with Crippen molar-refractivity contribution in [3.63, 3.8) is 0 Å². The summed E-state index contributed by atoms with van der Waals surface area (Å²) in [5, 5.41) is 12.8. The molecule has 0 aliphatic carbocycles. The number of aliphatic hydroxyl groups excluding tert-OH is 1. The third-order valence-electron chi connectivity index (χ3n) is 1.85. The highest BCUT2D eigenvalue weighted by Crippen LogP contribution is 2.13. The first-order valence-corrected chi connectivity index (χ1v) is 3.67. The third-order valence-corrected chi connectivity index (χ3v) is 1.85. The smallest absolute Gasteiger partial charge is 0.0434 e. The molecule has 0 spiro atoms. The molecule has 0 bridgehead atoms. The van der Waals surface area contributed by atoms with Crippen molar-refractivity contribution in [2.75, 3.05) is 19.7 Å². The summed E-state index contributed by atoms with van der Waals surface area (Å²) in [5.41, 5.74) is 0. The second-order valence-electron chi connectivity index (χ2n) is 2.65. The van der Waals surface area contributed by atoms with Gasteiger partial charge in [-0.25, -0.2) is 5.32 Å². The summed E-state index contributed by atoms with van der Waals surface area (Å²) in [5.74, 6) is 0.684. The van der Waals surface area contributed by atoms with Gasteiger partial charge < -0.3 is 5.11 Å². The maximum Gasteiger partial charge on any atom is 0.0434 e. The fourth-order valence-corrected chi connectivity index (χ4v) is 1.28. The molecule has 0 aromatic rings. The maximum atomic E-state index is 8.58. The quantitative estimate of drug-likeness (QED) is 0.573. The van der Waals surface area contributed by atoms with Crippen molar-refractivity contribution in [3.05, 3.63) is 0 Å². The van der Waals surface area contributed by atoms with Gasteiger partial charge in [-0.2, -0.15) is 0 Å². The first-order valence-electron chi connectivity index (χ1n) is 3.67. The Balaban J connectivity index is 2.08. The van der Waals surface area contributed by atoms with E-state index in [2.05, 4.69) is 5.32 Å². The Morgan fingerprint density at radius 3 is 3.00 bits per heavy atom. The van der Waals surface area contributed by atoms with Crippen LogP contribution in [0.15, 0.2) is 0 Å². The van der Waals surface area contributed by atoms with Gasteiger partial charge >= 0.3 is 0 Å². The summed E-state index contributed by atoms with van der Waals surface area (Å²) < 4.78 is 0. The van der Waals surface area contributed by atoms with E-state index in [4.69, 9.17) is 5.11 Å². The van der Waals surface area contributed by atoms with Gasteiger partial charge in [-0.15, -0.1) is 0 Å². The minimum atomic E-state index is 0.334. The summed E-state index contributed by atoms with van der Waals surface area (Å²) in [4.78, 5) is 0. The van der Waals surface area contributed by atoms with Crippen molar-refractivity contribution in [1.29, 1.82) is 0 Å². The molecule has 1 rings (SSSR count). The molecule has 0 aromatic carbocycles. The van der Waals surface area contributed by atoms with Gasteiger partial charge in [-0.05, 0) is 25.2 Å². The largest absolute Gasteiger partial charge is 0.396 e. The zero-order chi connectivity index (χ0) is 6.53. The van der Waals surface area contributed by atoms with Gasteiger partial charge in [0.2, 0.25) is 0 Å². The lowest BCUT2D eigenvalue weighted by atomic mass is 9.97. The molecule has 1 aliphatic heterocycles. The average molecular weight is 128 g/mol. The first-order chi connectivity index (χ1) is 4.43. The van der Waals surface area contributed by atoms with E-state index in [1.165, 1.54) is 12.8 Å². The van der Waals surface area contributed by atoms with Gasteiger partial charge in [0.15, 0.2) is 0 Å². The summed E-state index contributed by atoms with van der Waals surface area (Å²) in [6, 6.07) is 0. The Kier molecular flexibility index (Phi) is 3.01. The molecule has 0 saturated carbocycles. The highest BCUT2D eigenvalue weighted by Gasteiger charge is 2.11. The van der Waals surface area contributed by atoms with E-state index in [-0.39, 0.29) is 0 Å². The summed E-state index contributed by atoms with van der Waals surface area (Å²) in [6.45, 7) is 2.36. The fraction of sp³-hybridized carbons (Fsp3) is 1.00. The molecule has 53 valence electrons. The van der Waals surface area contributed by atoms with E-state index >= 15 is 0 Å². The molecule has 1 saturated heterocycles. The lowest BCUT2D eigenvalue weighted by Crippen LogP contribution is -2.24. The van der Waals surface area contributed by atoms with Crippen molar-refractivity contribution in [2.45, 2.75) is 19.3 Å². The molecule has 1 radical (unpaired) electrons. The van der Waals surface area contributed by atoms with E-state index in [0.717, 1.165) is 19.5 Å². The van der Waals surface area contributed by atoms with Crippen LogP contribution in [0.1, 0.15) is 19.3 Å². The molecule has 0 aromatic heterocycles. The lowest BCUT2D eigenvalue weighted by molar-refractivity contribution is 0.236. The summed E-state index contributed by atoms with van der Waals surface area (Å²) >= 11 is 0. The number of rotatable bonds is 2. The van der Waals surface area contributed by atoms with Crippen molar-refractivity contribution >= 4 is 0 Å². The van der Waals surface area contributed by atoms with Gasteiger partial charge in [-0.3, -0.25) is 0 Å². The Hall–Kier alpha value is -0.0800. The van der Waals surface area contributed by atoms with Crippen LogP contribution in [-0.2, 0) is 0 Å². The van der Waals surface area contributed by atoms with E-state index in [1.54, 1.807) is 0 Å². The molecule has 1 atom stereocenters. The van der Waals surface area contributed by atoms with Crippen LogP contribution in [0.25, 0.3) is 0 Å². The van der Waals surface area contributed by atoms with Gasteiger partial charge in [0.1, 0.15) is 0 Å². The van der Waals surface area contributed by atoms with Crippen molar-refractivity contribution < 1.29 is 5.11 Å². The normalized spacial score (nSPS) is 28.3. The average Bonchev–Trinajstić information content (AvgIpc) is 1.91. The van der Waals surface area contributed by atoms with E-state index in [1.807, 2.05) is 0 Å². The zero-order valence-electron chi connectivity index (χ0n) is 5.71. The van der Waals surface area contributed by atoms with E-state index < -0.39 is 0 Å². The Labute approximate surface area is 56.3 Å². The summed E-state index contributed by atoms with van der Waals surface area (Å²) in [7, 11) is 0. The van der Waals surface area contributed by atoms with Gasteiger partial charge in [0.25, 0.3) is 0 Å². The lowest BCUT2D eigenvalue weighted by Gasteiger charge is -2.19. The van der Waals surface area contributed by atoms with Gasteiger partial charge in [0.05, 0.1) is 0 Å². The molecule has 9 heavy (non-hydrogen) atoms. The van der Waals surface area contributed by atoms with Crippen LogP contribution in [0.3, 0.4) is 0 Å². The van der Waals surface area contributed by atoms with Crippen molar-refractivity contribution in [1.82, 2.24) is 5.32 Å². The van der Waals surface area contributed by atoms with E-state index in [9.17, 15) is 0 Å². The molecule has 0 amide bonds. The minimum Gasteiger partial charge on any atom is -0.396 e. The first kappa shape index (κ1) is 7.03. The molecular weight excluding hydrogens is 114 g/mol. The second kappa shape index (κ2) is 3.85. The molecule has 1 aliphatic rings. The van der Waals surface area contributed by atoms with Crippen LogP contribution in [0, 0.1) is 5.92 Å². The number of piperidine rings is 1. The summed E-state index contributed by atoms with van der Waals surface area (Å²) in [6.07, 6.45) is 3.44. The highest BCUT2D eigenvalue weighted by atomic mass is 16.3. The third kappa shape index (κ3) is 2.33. The maximum absolute atomic E-state index is 8.58. The second-order valence-corrected chi connectivity index (χ2v) is 2.65. The van der Waals surface area contributed by atoms with Crippen LogP contribution < -0.4 is 5.32 Å². The SMILES string of the molecule is OCCC1CCC[N]C1. The highest BCUT2D eigenvalue weighted by molar-refractivity contribution is 4.67. The predicted octanol–water partition coefficient (Wildman–Crippen LogP) is 0.383. The molecular formula is C7H14NO. The van der Waals surface area contributed by atoms with Gasteiger partial charge in [0, 0.05) is 19.7 Å². The number of hydrogen-bond donors (Lipinski definition) is 1. The van der Waals surface area contributed by atoms with Crippen molar-refractivity contribution in [3.8, 4) is 0 Å². The van der Waals surface area contributed by atoms with Crippen LogP contribution in [0.2, 0.25) is 0 Å². The standard InChI is InChI=1S/C7H14NO/c9-5-3-7-2-1-4-8-6-7/h7,9H,1-6H2. The molecule has 1 fully saturated rings. The monoisotopic (exact) mass is 128 g/mol. The number of aliphatic hydroxyl groups is 1. The predicted molar refractivity (Wildman–Crippen MR) is 36.3 cm³/mol. The molecule has 2 nitrogen and oxygen atoms in total. The number of nitrogens with zero attached hydrogens (tertiary/aromatic N) is 1. The Morgan fingerprint density at radius 2 is 2.44 bits per heavy atom. The molecule has 1 N–H and O–H groups in total. The zero-order valence-corrected chi connectivity index (χ0v) is 5.71. The van der Waals surface area contributed by atoms with Crippen LogP contribution in [0.4, 0.5) is 0 Å². The number of hydrogen-bond acceptors (Lipinski definition) is 1.